The maximum absolute atomic E-state index is 12.6. The molecule has 2 aromatic rings. The van der Waals surface area contributed by atoms with Crippen LogP contribution in [0, 0.1) is 6.92 Å². The first-order chi connectivity index (χ1) is 12.7. The Morgan fingerprint density at radius 2 is 2.15 bits per heavy atom. The van der Waals surface area contributed by atoms with Crippen molar-refractivity contribution in [3.63, 3.8) is 0 Å². The van der Waals surface area contributed by atoms with E-state index in [1.807, 2.05) is 35.9 Å². The minimum atomic E-state index is -0.242. The summed E-state index contributed by atoms with van der Waals surface area (Å²) in [5.74, 6) is 0.514. The van der Waals surface area contributed by atoms with E-state index in [0.29, 0.717) is 24.0 Å². The van der Waals surface area contributed by atoms with Crippen molar-refractivity contribution in [2.75, 3.05) is 25.0 Å². The Bertz CT molecular complexity index is 743. The number of unbranched alkanes of at least 4 members (excludes halogenated alkanes) is 1. The zero-order valence-electron chi connectivity index (χ0n) is 15.9. The molecule has 0 spiro atoms. The summed E-state index contributed by atoms with van der Waals surface area (Å²) in [5.41, 5.74) is 1.88. The third kappa shape index (κ3) is 5.43. The van der Waals surface area contributed by atoms with Crippen LogP contribution in [0.3, 0.4) is 0 Å². The molecular weight excluding hydrogens is 366 g/mol. The molecule has 1 fully saturated rings. The Balaban J connectivity index is 0.00000261. The van der Waals surface area contributed by atoms with E-state index in [2.05, 4.69) is 27.9 Å². The predicted octanol–water partition coefficient (Wildman–Crippen LogP) is 3.36. The molecule has 0 unspecified atom stereocenters. The molecule has 0 atom stereocenters. The van der Waals surface area contributed by atoms with Crippen LogP contribution in [0.5, 0.6) is 5.75 Å². The summed E-state index contributed by atoms with van der Waals surface area (Å²) < 4.78 is 7.58. The van der Waals surface area contributed by atoms with Crippen molar-refractivity contribution in [2.24, 2.45) is 0 Å². The molecule has 1 aliphatic rings. The number of anilines is 1. The van der Waals surface area contributed by atoms with Crippen LogP contribution in [0.15, 0.2) is 24.3 Å². The largest absolute Gasteiger partial charge is 0.494 e. The van der Waals surface area contributed by atoms with Crippen LogP contribution in [-0.2, 0) is 0 Å². The minimum absolute atomic E-state index is 0. The summed E-state index contributed by atoms with van der Waals surface area (Å²) in [4.78, 5) is 12.6. The van der Waals surface area contributed by atoms with Crippen molar-refractivity contribution in [1.29, 1.82) is 0 Å². The molecule has 2 heterocycles. The number of nitrogens with one attached hydrogen (secondary N) is 2. The number of aromatic nitrogens is 3. The van der Waals surface area contributed by atoms with Gasteiger partial charge in [-0.3, -0.25) is 4.79 Å². The number of hydrogen-bond acceptors (Lipinski definition) is 5. The molecular formula is C19H28ClN5O2. The van der Waals surface area contributed by atoms with Gasteiger partial charge in [-0.15, -0.1) is 17.5 Å². The Morgan fingerprint density at radius 3 is 2.89 bits per heavy atom. The third-order valence-corrected chi connectivity index (χ3v) is 4.66. The molecule has 148 valence electrons. The topological polar surface area (TPSA) is 81.1 Å². The molecule has 3 rings (SSSR count). The summed E-state index contributed by atoms with van der Waals surface area (Å²) in [7, 11) is 0. The Labute approximate surface area is 166 Å². The highest BCUT2D eigenvalue weighted by atomic mass is 35.5. The van der Waals surface area contributed by atoms with E-state index in [1.165, 1.54) is 0 Å². The van der Waals surface area contributed by atoms with Gasteiger partial charge in [0.1, 0.15) is 5.75 Å². The van der Waals surface area contributed by atoms with E-state index in [0.717, 1.165) is 50.2 Å². The monoisotopic (exact) mass is 393 g/mol. The standard InChI is InChI=1S/C19H27N5O2.ClH/c1-3-4-12-26-17-7-5-6-15(13-17)21-19(25)18-14(2)24(23-22-18)16-8-10-20-11-9-16;/h5-7,13,16,20H,3-4,8-12H2,1-2H3,(H,21,25);1H. The van der Waals surface area contributed by atoms with E-state index >= 15 is 0 Å². The van der Waals surface area contributed by atoms with Crippen molar-refractivity contribution in [3.05, 3.63) is 35.7 Å². The van der Waals surface area contributed by atoms with Crippen LogP contribution in [0.4, 0.5) is 5.69 Å². The molecule has 1 saturated heterocycles. The maximum atomic E-state index is 12.6. The molecule has 7 nitrogen and oxygen atoms in total. The molecule has 1 aromatic heterocycles. The first kappa shape index (κ1) is 21.2. The molecule has 1 aliphatic heterocycles. The van der Waals surface area contributed by atoms with Gasteiger partial charge >= 0.3 is 0 Å². The van der Waals surface area contributed by atoms with Gasteiger partial charge in [0.15, 0.2) is 5.69 Å². The number of hydrogen-bond donors (Lipinski definition) is 2. The fraction of sp³-hybridized carbons (Fsp3) is 0.526. The van der Waals surface area contributed by atoms with Gasteiger partial charge in [-0.25, -0.2) is 4.68 Å². The van der Waals surface area contributed by atoms with Crippen LogP contribution in [-0.4, -0.2) is 40.6 Å². The summed E-state index contributed by atoms with van der Waals surface area (Å²) in [6.45, 7) is 6.64. The average Bonchev–Trinajstić information content (AvgIpc) is 3.04. The quantitative estimate of drug-likeness (QED) is 0.705. The highest BCUT2D eigenvalue weighted by molar-refractivity contribution is 6.03. The van der Waals surface area contributed by atoms with Gasteiger partial charge in [0.25, 0.3) is 5.91 Å². The highest BCUT2D eigenvalue weighted by Gasteiger charge is 2.23. The number of rotatable bonds is 7. The fourth-order valence-electron chi connectivity index (χ4n) is 3.14. The minimum Gasteiger partial charge on any atom is -0.494 e. The molecule has 8 heteroatoms. The normalized spacial score (nSPS) is 14.4. The van der Waals surface area contributed by atoms with Gasteiger partial charge in [-0.1, -0.05) is 24.6 Å². The molecule has 27 heavy (non-hydrogen) atoms. The lowest BCUT2D eigenvalue weighted by Crippen LogP contribution is -2.30. The summed E-state index contributed by atoms with van der Waals surface area (Å²) in [5, 5.41) is 14.6. The predicted molar refractivity (Wildman–Crippen MR) is 108 cm³/mol. The second kappa shape index (κ2) is 10.3. The lowest BCUT2D eigenvalue weighted by Gasteiger charge is -2.23. The maximum Gasteiger partial charge on any atom is 0.278 e. The molecule has 2 N–H and O–H groups in total. The molecule has 1 amide bonds. The molecule has 0 bridgehead atoms. The van der Waals surface area contributed by atoms with Gasteiger partial charge in [0.05, 0.1) is 18.3 Å². The van der Waals surface area contributed by atoms with E-state index in [4.69, 9.17) is 4.74 Å². The fourth-order valence-corrected chi connectivity index (χ4v) is 3.14. The van der Waals surface area contributed by atoms with E-state index in [1.54, 1.807) is 0 Å². The number of nitrogens with zero attached hydrogens (tertiary/aromatic N) is 3. The van der Waals surface area contributed by atoms with Crippen LogP contribution >= 0.6 is 12.4 Å². The van der Waals surface area contributed by atoms with Crippen molar-refractivity contribution in [1.82, 2.24) is 20.3 Å². The van der Waals surface area contributed by atoms with Crippen molar-refractivity contribution >= 4 is 24.0 Å². The van der Waals surface area contributed by atoms with E-state index < -0.39 is 0 Å². The van der Waals surface area contributed by atoms with Gasteiger partial charge < -0.3 is 15.4 Å². The second-order valence-corrected chi connectivity index (χ2v) is 6.63. The van der Waals surface area contributed by atoms with Crippen LogP contribution in [0.25, 0.3) is 0 Å². The van der Waals surface area contributed by atoms with Crippen LogP contribution < -0.4 is 15.4 Å². The Hall–Kier alpha value is -2.12. The van der Waals surface area contributed by atoms with Gasteiger partial charge in [-0.2, -0.15) is 0 Å². The lowest BCUT2D eigenvalue weighted by molar-refractivity contribution is 0.102. The van der Waals surface area contributed by atoms with Crippen molar-refractivity contribution in [2.45, 2.75) is 45.6 Å². The van der Waals surface area contributed by atoms with Gasteiger partial charge in [-0.05, 0) is 51.4 Å². The Morgan fingerprint density at radius 1 is 1.37 bits per heavy atom. The first-order valence-electron chi connectivity index (χ1n) is 9.35. The number of carbonyl (C=O) groups is 1. The second-order valence-electron chi connectivity index (χ2n) is 6.63. The van der Waals surface area contributed by atoms with E-state index in [-0.39, 0.29) is 18.3 Å². The zero-order valence-corrected chi connectivity index (χ0v) is 16.7. The average molecular weight is 394 g/mol. The molecule has 0 radical (unpaired) electrons. The summed E-state index contributed by atoms with van der Waals surface area (Å²) >= 11 is 0. The summed E-state index contributed by atoms with van der Waals surface area (Å²) in [6.07, 6.45) is 4.10. The summed E-state index contributed by atoms with van der Waals surface area (Å²) in [6, 6.07) is 7.75. The number of ether oxygens (including phenoxy) is 1. The highest BCUT2D eigenvalue weighted by Crippen LogP contribution is 2.22. The smallest absolute Gasteiger partial charge is 0.278 e. The number of piperidine rings is 1. The lowest BCUT2D eigenvalue weighted by atomic mass is 10.1. The zero-order chi connectivity index (χ0) is 18.4. The third-order valence-electron chi connectivity index (χ3n) is 4.66. The molecule has 0 saturated carbocycles. The van der Waals surface area contributed by atoms with Gasteiger partial charge in [0, 0.05) is 11.8 Å². The molecule has 0 aliphatic carbocycles. The number of halogens is 1. The molecule has 1 aromatic carbocycles. The first-order valence-corrected chi connectivity index (χ1v) is 9.35. The number of benzene rings is 1. The Kier molecular flexibility index (Phi) is 8.06. The van der Waals surface area contributed by atoms with Crippen LogP contribution in [0.2, 0.25) is 0 Å². The van der Waals surface area contributed by atoms with Crippen molar-refractivity contribution in [3.8, 4) is 5.75 Å². The number of amides is 1. The van der Waals surface area contributed by atoms with Crippen LogP contribution in [0.1, 0.15) is 54.8 Å². The van der Waals surface area contributed by atoms with E-state index in [9.17, 15) is 4.79 Å². The SMILES string of the molecule is CCCCOc1cccc(NC(=O)c2nnn(C3CCNCC3)c2C)c1.Cl. The van der Waals surface area contributed by atoms with Crippen molar-refractivity contribution < 1.29 is 9.53 Å². The number of carbonyl (C=O) groups excluding carboxylic acids is 1. The van der Waals surface area contributed by atoms with Gasteiger partial charge in [0.2, 0.25) is 0 Å².